The number of halogens is 1. The van der Waals surface area contributed by atoms with Crippen molar-refractivity contribution in [1.82, 2.24) is 5.32 Å². The van der Waals surface area contributed by atoms with Gasteiger partial charge in [0.25, 0.3) is 0 Å². The van der Waals surface area contributed by atoms with Crippen LogP contribution in [0.4, 0.5) is 4.79 Å². The highest BCUT2D eigenvalue weighted by atomic mass is 35.5. The fourth-order valence-corrected chi connectivity index (χ4v) is 0.828. The number of hydrogen-bond donors (Lipinski definition) is 1. The molecule has 0 spiro atoms. The maximum Gasteiger partial charge on any atom is 0.403 e. The topological polar surface area (TPSA) is 55.4 Å². The molecule has 0 atom stereocenters. The number of carbonyl (C=O) groups excluding carboxylic acids is 2. The molecule has 1 amide bonds. The van der Waals surface area contributed by atoms with Crippen LogP contribution in [-0.4, -0.2) is 24.5 Å². The molecule has 14 heavy (non-hydrogen) atoms. The van der Waals surface area contributed by atoms with Gasteiger partial charge in [-0.25, -0.2) is 4.79 Å². The first-order chi connectivity index (χ1) is 6.66. The van der Waals surface area contributed by atoms with Gasteiger partial charge in [0.15, 0.2) is 0 Å². The van der Waals surface area contributed by atoms with E-state index < -0.39 is 5.43 Å². The minimum atomic E-state index is -0.856. The van der Waals surface area contributed by atoms with E-state index >= 15 is 0 Å². The first kappa shape index (κ1) is 13.0. The molecule has 0 aliphatic rings. The molecular weight excluding hydrogens is 206 g/mol. The predicted molar refractivity (Wildman–Crippen MR) is 54.3 cm³/mol. The third kappa shape index (κ3) is 9.06. The largest absolute Gasteiger partial charge is 0.452 e. The lowest BCUT2D eigenvalue weighted by molar-refractivity contribution is -0.120. The summed E-state index contributed by atoms with van der Waals surface area (Å²) in [7, 11) is 0. The van der Waals surface area contributed by atoms with E-state index in [1.54, 1.807) is 6.08 Å². The Morgan fingerprint density at radius 3 is 2.71 bits per heavy atom. The average Bonchev–Trinajstić information content (AvgIpc) is 2.13. The molecule has 0 saturated heterocycles. The summed E-state index contributed by atoms with van der Waals surface area (Å²) in [5.41, 5.74) is -0.856. The van der Waals surface area contributed by atoms with Gasteiger partial charge in [0.1, 0.15) is 6.61 Å². The van der Waals surface area contributed by atoms with E-state index in [9.17, 15) is 9.59 Å². The molecule has 80 valence electrons. The Balaban J connectivity index is 3.35. The molecule has 0 bridgehead atoms. The lowest BCUT2D eigenvalue weighted by Gasteiger charge is -2.02. The summed E-state index contributed by atoms with van der Waals surface area (Å²) >= 11 is 4.91. The molecule has 0 aromatic carbocycles. The van der Waals surface area contributed by atoms with E-state index in [1.165, 1.54) is 0 Å². The van der Waals surface area contributed by atoms with E-state index in [0.717, 1.165) is 6.42 Å². The molecule has 0 aliphatic heterocycles. The third-order valence-corrected chi connectivity index (χ3v) is 1.45. The maximum absolute atomic E-state index is 11.0. The molecule has 0 radical (unpaired) electrons. The Labute approximate surface area is 88.3 Å². The maximum atomic E-state index is 11.0. The molecule has 1 N–H and O–H groups in total. The van der Waals surface area contributed by atoms with E-state index in [4.69, 9.17) is 11.6 Å². The summed E-state index contributed by atoms with van der Waals surface area (Å²) in [5, 5.41) is 2.57. The second-order valence-electron chi connectivity index (χ2n) is 2.52. The number of ether oxygens (including phenoxy) is 1. The number of rotatable bonds is 6. The van der Waals surface area contributed by atoms with E-state index in [0.29, 0.717) is 6.42 Å². The van der Waals surface area contributed by atoms with Gasteiger partial charge in [-0.2, -0.15) is 0 Å². The first-order valence-corrected chi connectivity index (χ1v) is 4.78. The summed E-state index contributed by atoms with van der Waals surface area (Å²) in [5.74, 6) is -0.0969. The highest BCUT2D eigenvalue weighted by Gasteiger charge is 1.98. The van der Waals surface area contributed by atoms with E-state index in [2.05, 4.69) is 10.1 Å². The molecular formula is C9H14ClNO3. The van der Waals surface area contributed by atoms with E-state index in [1.807, 2.05) is 13.0 Å². The summed E-state index contributed by atoms with van der Waals surface area (Å²) in [6.45, 7) is 2.39. The van der Waals surface area contributed by atoms with Gasteiger partial charge in [-0.05, 0) is 6.42 Å². The Kier molecular flexibility index (Phi) is 7.93. The Hall–Kier alpha value is -1.03. The molecule has 0 rings (SSSR count). The number of carbonyl (C=O) groups is 2. The number of nitrogens with one attached hydrogen (secondary N) is 1. The summed E-state index contributed by atoms with van der Waals surface area (Å²) in [6, 6.07) is 0. The highest BCUT2D eigenvalue weighted by Crippen LogP contribution is 1.87. The molecule has 0 unspecified atom stereocenters. The SMILES string of the molecule is CC/C=C\CC(=O)NCCOC(=O)Cl. The number of amides is 1. The highest BCUT2D eigenvalue weighted by molar-refractivity contribution is 6.61. The average molecular weight is 220 g/mol. The van der Waals surface area contributed by atoms with Gasteiger partial charge in [-0.15, -0.1) is 0 Å². The van der Waals surface area contributed by atoms with Gasteiger partial charge in [0.05, 0.1) is 6.54 Å². The molecule has 0 fully saturated rings. The first-order valence-electron chi connectivity index (χ1n) is 4.40. The van der Waals surface area contributed by atoms with Crippen LogP contribution in [0.1, 0.15) is 19.8 Å². The van der Waals surface area contributed by atoms with Crippen molar-refractivity contribution in [2.75, 3.05) is 13.2 Å². The van der Waals surface area contributed by atoms with Gasteiger partial charge in [0, 0.05) is 18.0 Å². The van der Waals surface area contributed by atoms with Gasteiger partial charge in [-0.1, -0.05) is 19.1 Å². The van der Waals surface area contributed by atoms with Gasteiger partial charge in [-0.3, -0.25) is 4.79 Å². The number of allylic oxidation sites excluding steroid dienone is 1. The lowest BCUT2D eigenvalue weighted by Crippen LogP contribution is -2.26. The second kappa shape index (κ2) is 8.56. The van der Waals surface area contributed by atoms with Crippen LogP contribution >= 0.6 is 11.6 Å². The lowest BCUT2D eigenvalue weighted by atomic mass is 10.3. The van der Waals surface area contributed by atoms with Crippen LogP contribution in [0.2, 0.25) is 0 Å². The van der Waals surface area contributed by atoms with Crippen LogP contribution in [0, 0.1) is 0 Å². The van der Waals surface area contributed by atoms with Crippen LogP contribution < -0.4 is 5.32 Å². The smallest absolute Gasteiger partial charge is 0.403 e. The molecule has 5 heteroatoms. The molecule has 4 nitrogen and oxygen atoms in total. The molecule has 0 heterocycles. The van der Waals surface area contributed by atoms with Gasteiger partial charge < -0.3 is 10.1 Å². The van der Waals surface area contributed by atoms with Crippen molar-refractivity contribution < 1.29 is 14.3 Å². The predicted octanol–water partition coefficient (Wildman–Crippen LogP) is 1.83. The fraction of sp³-hybridized carbons (Fsp3) is 0.556. The van der Waals surface area contributed by atoms with Crippen molar-refractivity contribution in [3.63, 3.8) is 0 Å². The molecule has 0 aliphatic carbocycles. The van der Waals surface area contributed by atoms with E-state index in [-0.39, 0.29) is 19.1 Å². The van der Waals surface area contributed by atoms with Crippen molar-refractivity contribution in [3.8, 4) is 0 Å². The second-order valence-corrected chi connectivity index (χ2v) is 2.83. The zero-order valence-electron chi connectivity index (χ0n) is 8.09. The minimum absolute atomic E-state index is 0.0969. The van der Waals surface area contributed by atoms with Crippen LogP contribution in [0.15, 0.2) is 12.2 Å². The fourth-order valence-electron chi connectivity index (χ4n) is 0.751. The van der Waals surface area contributed by atoms with Gasteiger partial charge >= 0.3 is 5.43 Å². The zero-order chi connectivity index (χ0) is 10.8. The summed E-state index contributed by atoms with van der Waals surface area (Å²) < 4.78 is 4.41. The van der Waals surface area contributed by atoms with Crippen molar-refractivity contribution in [2.45, 2.75) is 19.8 Å². The quantitative estimate of drug-likeness (QED) is 0.421. The van der Waals surface area contributed by atoms with Crippen LogP contribution in [0.5, 0.6) is 0 Å². The normalized spacial score (nSPS) is 10.1. The monoisotopic (exact) mass is 219 g/mol. The molecule has 0 aromatic rings. The van der Waals surface area contributed by atoms with Gasteiger partial charge in [0.2, 0.25) is 5.91 Å². The van der Waals surface area contributed by atoms with Crippen LogP contribution in [0.25, 0.3) is 0 Å². The Morgan fingerprint density at radius 2 is 2.14 bits per heavy atom. The van der Waals surface area contributed by atoms with Crippen LogP contribution in [-0.2, 0) is 9.53 Å². The number of hydrogen-bond acceptors (Lipinski definition) is 3. The van der Waals surface area contributed by atoms with Crippen molar-refractivity contribution in [2.24, 2.45) is 0 Å². The standard InChI is InChI=1S/C9H14ClNO3/c1-2-3-4-5-8(12)11-6-7-14-9(10)13/h3-4H,2,5-7H2,1H3,(H,11,12)/b4-3-. The van der Waals surface area contributed by atoms with Crippen molar-refractivity contribution >= 4 is 22.9 Å². The molecule has 0 saturated carbocycles. The zero-order valence-corrected chi connectivity index (χ0v) is 8.84. The Morgan fingerprint density at radius 1 is 1.43 bits per heavy atom. The minimum Gasteiger partial charge on any atom is -0.452 e. The van der Waals surface area contributed by atoms with Crippen molar-refractivity contribution in [3.05, 3.63) is 12.2 Å². The van der Waals surface area contributed by atoms with Crippen molar-refractivity contribution in [1.29, 1.82) is 0 Å². The summed E-state index contributed by atoms with van der Waals surface area (Å²) in [4.78, 5) is 21.1. The summed E-state index contributed by atoms with van der Waals surface area (Å²) in [6.07, 6.45) is 4.97. The van der Waals surface area contributed by atoms with Crippen LogP contribution in [0.3, 0.4) is 0 Å². The molecule has 0 aromatic heterocycles. The Bertz CT molecular complexity index is 216. The third-order valence-electron chi connectivity index (χ3n) is 1.35.